The van der Waals surface area contributed by atoms with Gasteiger partial charge in [0.05, 0.1) is 17.7 Å². The lowest BCUT2D eigenvalue weighted by Crippen LogP contribution is -2.23. The molecule has 4 rings (SSSR count). The molecule has 1 atom stereocenters. The Labute approximate surface area is 162 Å². The topological polar surface area (TPSA) is 68.5 Å². The highest BCUT2D eigenvalue weighted by atomic mass is 35.5. The normalized spacial score (nSPS) is 14.1. The molecule has 0 saturated heterocycles. The molecule has 0 spiro atoms. The fourth-order valence-corrected chi connectivity index (χ4v) is 3.32. The Balaban J connectivity index is 1.40. The molecule has 1 aromatic heterocycles. The van der Waals surface area contributed by atoms with Gasteiger partial charge in [0.15, 0.2) is 11.5 Å². The van der Waals surface area contributed by atoms with Crippen molar-refractivity contribution in [2.75, 3.05) is 19.8 Å². The van der Waals surface area contributed by atoms with Crippen molar-refractivity contribution in [3.63, 3.8) is 0 Å². The number of halogens is 1. The summed E-state index contributed by atoms with van der Waals surface area (Å²) in [4.78, 5) is 4.40. The fraction of sp³-hybridized carbons (Fsp3) is 0.250. The van der Waals surface area contributed by atoms with Crippen LogP contribution in [0.4, 0.5) is 0 Å². The molecule has 2 aromatic carbocycles. The van der Waals surface area contributed by atoms with Crippen LogP contribution in [0.5, 0.6) is 11.5 Å². The molecule has 140 valence electrons. The van der Waals surface area contributed by atoms with E-state index in [1.54, 1.807) is 18.3 Å². The van der Waals surface area contributed by atoms with Crippen LogP contribution in [-0.4, -0.2) is 34.4 Å². The minimum atomic E-state index is -0.724. The summed E-state index contributed by atoms with van der Waals surface area (Å²) in [5.74, 6) is 1.98. The summed E-state index contributed by atoms with van der Waals surface area (Å²) in [6, 6.07) is 13.5. The Bertz CT molecular complexity index is 914. The number of aliphatic hydroxyl groups excluding tert-OH is 1. The SMILES string of the molecule is OC(CNCc1nccn1-c1ccccc1)c1cc(Cl)c2c(c1)OCCO2. The molecular weight excluding hydrogens is 366 g/mol. The number of para-hydroxylation sites is 1. The van der Waals surface area contributed by atoms with Gasteiger partial charge in [-0.2, -0.15) is 0 Å². The molecule has 0 amide bonds. The highest BCUT2D eigenvalue weighted by molar-refractivity contribution is 6.32. The summed E-state index contributed by atoms with van der Waals surface area (Å²) in [6.07, 6.45) is 2.96. The quantitative estimate of drug-likeness (QED) is 0.682. The number of aliphatic hydroxyl groups is 1. The van der Waals surface area contributed by atoms with Gasteiger partial charge < -0.3 is 24.5 Å². The molecule has 0 saturated carbocycles. The van der Waals surface area contributed by atoms with Crippen LogP contribution >= 0.6 is 11.6 Å². The van der Waals surface area contributed by atoms with E-state index in [1.165, 1.54) is 0 Å². The zero-order valence-corrected chi connectivity index (χ0v) is 15.4. The van der Waals surface area contributed by atoms with Gasteiger partial charge in [-0.15, -0.1) is 0 Å². The van der Waals surface area contributed by atoms with Crippen molar-refractivity contribution in [2.24, 2.45) is 0 Å². The van der Waals surface area contributed by atoms with Gasteiger partial charge >= 0.3 is 0 Å². The van der Waals surface area contributed by atoms with E-state index < -0.39 is 6.10 Å². The largest absolute Gasteiger partial charge is 0.486 e. The second-order valence-corrected chi connectivity index (χ2v) is 6.63. The first-order valence-corrected chi connectivity index (χ1v) is 9.15. The van der Waals surface area contributed by atoms with E-state index in [9.17, 15) is 5.11 Å². The first kappa shape index (κ1) is 17.9. The van der Waals surface area contributed by atoms with Crippen LogP contribution in [0.25, 0.3) is 5.69 Å². The lowest BCUT2D eigenvalue weighted by molar-refractivity contribution is 0.163. The molecule has 2 N–H and O–H groups in total. The van der Waals surface area contributed by atoms with Crippen LogP contribution in [0.2, 0.25) is 5.02 Å². The van der Waals surface area contributed by atoms with E-state index in [1.807, 2.05) is 41.1 Å². The van der Waals surface area contributed by atoms with Crippen molar-refractivity contribution >= 4 is 11.6 Å². The zero-order valence-electron chi connectivity index (χ0n) is 14.6. The molecule has 0 bridgehead atoms. The number of fused-ring (bicyclic) bond motifs is 1. The molecule has 1 unspecified atom stereocenters. The van der Waals surface area contributed by atoms with Gasteiger partial charge in [-0.05, 0) is 29.8 Å². The van der Waals surface area contributed by atoms with E-state index >= 15 is 0 Å². The van der Waals surface area contributed by atoms with Crippen molar-refractivity contribution in [2.45, 2.75) is 12.6 Å². The van der Waals surface area contributed by atoms with Crippen LogP contribution < -0.4 is 14.8 Å². The zero-order chi connectivity index (χ0) is 18.6. The molecule has 2 heterocycles. The molecule has 1 aliphatic heterocycles. The number of hydrogen-bond donors (Lipinski definition) is 2. The van der Waals surface area contributed by atoms with Crippen LogP contribution in [0.1, 0.15) is 17.5 Å². The third-order valence-corrected chi connectivity index (χ3v) is 4.66. The molecule has 27 heavy (non-hydrogen) atoms. The number of aromatic nitrogens is 2. The van der Waals surface area contributed by atoms with Crippen molar-refractivity contribution in [3.8, 4) is 17.2 Å². The minimum Gasteiger partial charge on any atom is -0.486 e. The maximum atomic E-state index is 10.5. The van der Waals surface area contributed by atoms with Crippen molar-refractivity contribution in [1.29, 1.82) is 0 Å². The molecule has 6 nitrogen and oxygen atoms in total. The molecule has 0 aliphatic carbocycles. The van der Waals surface area contributed by atoms with E-state index in [2.05, 4.69) is 10.3 Å². The van der Waals surface area contributed by atoms with Gasteiger partial charge in [-0.25, -0.2) is 4.98 Å². The van der Waals surface area contributed by atoms with Crippen molar-refractivity contribution in [3.05, 3.63) is 71.3 Å². The van der Waals surface area contributed by atoms with E-state index in [0.29, 0.717) is 48.4 Å². The van der Waals surface area contributed by atoms with Gasteiger partial charge in [0.2, 0.25) is 0 Å². The first-order chi connectivity index (χ1) is 13.2. The second kappa shape index (κ2) is 8.00. The maximum Gasteiger partial charge on any atom is 0.179 e. The third-order valence-electron chi connectivity index (χ3n) is 4.38. The predicted molar refractivity (Wildman–Crippen MR) is 103 cm³/mol. The second-order valence-electron chi connectivity index (χ2n) is 6.22. The van der Waals surface area contributed by atoms with Crippen LogP contribution in [-0.2, 0) is 6.54 Å². The Kier molecular flexibility index (Phi) is 5.29. The summed E-state index contributed by atoms with van der Waals surface area (Å²) < 4.78 is 13.1. The Hall–Kier alpha value is -2.54. The molecular formula is C20H20ClN3O3. The Morgan fingerprint density at radius 1 is 1.19 bits per heavy atom. The summed E-state index contributed by atoms with van der Waals surface area (Å²) in [7, 11) is 0. The molecule has 3 aromatic rings. The highest BCUT2D eigenvalue weighted by Gasteiger charge is 2.19. The standard InChI is InChI=1S/C20H20ClN3O3/c21-16-10-14(11-18-20(16)27-9-8-26-18)17(25)12-22-13-19-23-6-7-24(19)15-4-2-1-3-5-15/h1-7,10-11,17,22,25H,8-9,12-13H2. The van der Waals surface area contributed by atoms with E-state index in [4.69, 9.17) is 21.1 Å². The number of benzene rings is 2. The number of hydrogen-bond acceptors (Lipinski definition) is 5. The average Bonchev–Trinajstić information content (AvgIpc) is 3.17. The number of imidazole rings is 1. The molecule has 1 aliphatic rings. The molecule has 0 radical (unpaired) electrons. The van der Waals surface area contributed by atoms with Crippen molar-refractivity contribution in [1.82, 2.24) is 14.9 Å². The van der Waals surface area contributed by atoms with Crippen LogP contribution in [0, 0.1) is 0 Å². The Morgan fingerprint density at radius 3 is 2.85 bits per heavy atom. The lowest BCUT2D eigenvalue weighted by atomic mass is 10.1. The third kappa shape index (κ3) is 3.93. The molecule has 0 fully saturated rings. The monoisotopic (exact) mass is 385 g/mol. The first-order valence-electron chi connectivity index (χ1n) is 8.78. The van der Waals surface area contributed by atoms with Gasteiger partial charge in [-0.3, -0.25) is 0 Å². The highest BCUT2D eigenvalue weighted by Crippen LogP contribution is 2.39. The fourth-order valence-electron chi connectivity index (χ4n) is 3.05. The van der Waals surface area contributed by atoms with Crippen molar-refractivity contribution < 1.29 is 14.6 Å². The number of nitrogens with one attached hydrogen (secondary N) is 1. The maximum absolute atomic E-state index is 10.5. The summed E-state index contributed by atoms with van der Waals surface area (Å²) in [5.41, 5.74) is 1.73. The van der Waals surface area contributed by atoms with Gasteiger partial charge in [0.1, 0.15) is 19.0 Å². The predicted octanol–water partition coefficient (Wildman–Crippen LogP) is 3.12. The number of ether oxygens (including phenoxy) is 2. The van der Waals surface area contributed by atoms with E-state index in [-0.39, 0.29) is 0 Å². The average molecular weight is 386 g/mol. The Morgan fingerprint density at radius 2 is 2.00 bits per heavy atom. The van der Waals surface area contributed by atoms with Gasteiger partial charge in [0, 0.05) is 24.6 Å². The molecule has 7 heteroatoms. The number of nitrogens with zero attached hydrogens (tertiary/aromatic N) is 2. The minimum absolute atomic E-state index is 0.359. The van der Waals surface area contributed by atoms with Crippen LogP contribution in [0.15, 0.2) is 54.9 Å². The summed E-state index contributed by atoms with van der Waals surface area (Å²) in [6.45, 7) is 1.84. The van der Waals surface area contributed by atoms with E-state index in [0.717, 1.165) is 11.5 Å². The van der Waals surface area contributed by atoms with Gasteiger partial charge in [-0.1, -0.05) is 29.8 Å². The lowest BCUT2D eigenvalue weighted by Gasteiger charge is -2.21. The number of rotatable bonds is 6. The van der Waals surface area contributed by atoms with Crippen LogP contribution in [0.3, 0.4) is 0 Å². The van der Waals surface area contributed by atoms with Gasteiger partial charge in [0.25, 0.3) is 0 Å². The summed E-state index contributed by atoms with van der Waals surface area (Å²) in [5, 5.41) is 14.2. The summed E-state index contributed by atoms with van der Waals surface area (Å²) >= 11 is 6.25. The smallest absolute Gasteiger partial charge is 0.179 e.